The molecule has 0 amide bonds. The zero-order chi connectivity index (χ0) is 15.9. The molecule has 5 nitrogen and oxygen atoms in total. The van der Waals surface area contributed by atoms with E-state index in [4.69, 9.17) is 16.3 Å². The van der Waals surface area contributed by atoms with E-state index in [-0.39, 0.29) is 17.2 Å². The van der Waals surface area contributed by atoms with E-state index in [9.17, 15) is 9.59 Å². The highest BCUT2D eigenvalue weighted by Gasteiger charge is 2.23. The van der Waals surface area contributed by atoms with E-state index in [1.165, 1.54) is 6.92 Å². The maximum absolute atomic E-state index is 12.7. The molecule has 2 heterocycles. The van der Waals surface area contributed by atoms with Gasteiger partial charge in [-0.25, -0.2) is 0 Å². The second-order valence-corrected chi connectivity index (χ2v) is 5.38. The Labute approximate surface area is 131 Å². The van der Waals surface area contributed by atoms with Gasteiger partial charge >= 0.3 is 5.97 Å². The van der Waals surface area contributed by atoms with Gasteiger partial charge in [0.25, 0.3) is 0 Å². The molecule has 0 radical (unpaired) electrons. The monoisotopic (exact) mass is 316 g/mol. The maximum Gasteiger partial charge on any atom is 0.308 e. The Bertz CT molecular complexity index is 892. The lowest BCUT2D eigenvalue weighted by molar-refractivity contribution is -0.131. The first-order valence-corrected chi connectivity index (χ1v) is 7.01. The molecule has 2 aromatic heterocycles. The average Bonchev–Trinajstić information content (AvgIpc) is 3.02. The number of benzene rings is 1. The number of aryl methyl sites for hydroxylation is 1. The van der Waals surface area contributed by atoms with Crippen LogP contribution in [0.1, 0.15) is 23.1 Å². The molecule has 0 aliphatic rings. The van der Waals surface area contributed by atoms with Crippen LogP contribution in [0.25, 0.3) is 10.9 Å². The second kappa shape index (κ2) is 5.35. The fraction of sp³-hybridized carbons (Fsp3) is 0.125. The van der Waals surface area contributed by atoms with Gasteiger partial charge in [0, 0.05) is 36.1 Å². The number of hydrogen-bond acceptors (Lipinski definition) is 3. The Balaban J connectivity index is 2.22. The first kappa shape index (κ1) is 14.4. The third-order valence-electron chi connectivity index (χ3n) is 3.36. The number of carbonyl (C=O) groups excluding carboxylic acids is 2. The third kappa shape index (κ3) is 2.40. The molecular formula is C16H13ClN2O3. The highest BCUT2D eigenvalue weighted by Crippen LogP contribution is 2.33. The number of fused-ring (bicyclic) bond motifs is 1. The van der Waals surface area contributed by atoms with Gasteiger partial charge in [-0.3, -0.25) is 9.59 Å². The number of hydrogen-bond donors (Lipinski definition) is 1. The van der Waals surface area contributed by atoms with Gasteiger partial charge in [0.2, 0.25) is 5.78 Å². The Morgan fingerprint density at radius 2 is 2.05 bits per heavy atom. The molecule has 0 unspecified atom stereocenters. The molecule has 22 heavy (non-hydrogen) atoms. The van der Waals surface area contributed by atoms with Crippen LogP contribution in [-0.2, 0) is 11.8 Å². The van der Waals surface area contributed by atoms with E-state index in [0.29, 0.717) is 21.6 Å². The second-order valence-electron chi connectivity index (χ2n) is 4.95. The molecule has 1 N–H and O–H groups in total. The molecule has 6 heteroatoms. The Morgan fingerprint density at radius 3 is 2.68 bits per heavy atom. The van der Waals surface area contributed by atoms with E-state index in [0.717, 1.165) is 0 Å². The molecule has 3 rings (SSSR count). The number of halogens is 1. The van der Waals surface area contributed by atoms with Gasteiger partial charge in [-0.15, -0.1) is 0 Å². The normalized spacial score (nSPS) is 10.9. The van der Waals surface area contributed by atoms with Crippen LogP contribution in [0.2, 0.25) is 5.02 Å². The highest BCUT2D eigenvalue weighted by atomic mass is 35.5. The van der Waals surface area contributed by atoms with Crippen LogP contribution in [-0.4, -0.2) is 21.3 Å². The van der Waals surface area contributed by atoms with Gasteiger partial charge in [0.1, 0.15) is 5.69 Å². The van der Waals surface area contributed by atoms with Crippen molar-refractivity contribution in [3.05, 3.63) is 52.9 Å². The third-order valence-corrected chi connectivity index (χ3v) is 3.60. The lowest BCUT2D eigenvalue weighted by Gasteiger charge is -2.05. The number of aromatic nitrogens is 2. The van der Waals surface area contributed by atoms with Crippen molar-refractivity contribution in [2.45, 2.75) is 6.92 Å². The first-order valence-electron chi connectivity index (χ1n) is 6.63. The summed E-state index contributed by atoms with van der Waals surface area (Å²) < 4.78 is 6.96. The minimum atomic E-state index is -0.498. The predicted octanol–water partition coefficient (Wildman–Crippen LogP) is 3.32. The van der Waals surface area contributed by atoms with Gasteiger partial charge in [-0.05, 0) is 30.3 Å². The fourth-order valence-corrected chi connectivity index (χ4v) is 2.55. The van der Waals surface area contributed by atoms with Gasteiger partial charge in [-0.2, -0.15) is 0 Å². The lowest BCUT2D eigenvalue weighted by Crippen LogP contribution is -2.10. The van der Waals surface area contributed by atoms with Crippen LogP contribution in [0.4, 0.5) is 0 Å². The smallest absolute Gasteiger partial charge is 0.308 e. The molecule has 0 aliphatic heterocycles. The standard InChI is InChI=1S/C16H13ClN2O3/c1-9(20)22-16-11-8-10(17)5-6-12(11)18-14(16)15(21)13-4-3-7-19(13)2/h3-8,18H,1-2H3. The van der Waals surface area contributed by atoms with Gasteiger partial charge in [-0.1, -0.05) is 11.6 Å². The summed E-state index contributed by atoms with van der Waals surface area (Å²) in [6.07, 6.45) is 1.78. The van der Waals surface area contributed by atoms with Crippen LogP contribution < -0.4 is 4.74 Å². The summed E-state index contributed by atoms with van der Waals surface area (Å²) in [6.45, 7) is 1.29. The van der Waals surface area contributed by atoms with Gasteiger partial charge < -0.3 is 14.3 Å². The van der Waals surface area contributed by atoms with Crippen LogP contribution >= 0.6 is 11.6 Å². The van der Waals surface area contributed by atoms with Crippen LogP contribution in [0.15, 0.2) is 36.5 Å². The van der Waals surface area contributed by atoms with Crippen molar-refractivity contribution in [3.63, 3.8) is 0 Å². The van der Waals surface area contributed by atoms with Crippen molar-refractivity contribution in [1.29, 1.82) is 0 Å². The SMILES string of the molecule is CC(=O)Oc1c(C(=O)c2cccn2C)[nH]c2ccc(Cl)cc12. The van der Waals surface area contributed by atoms with Crippen molar-refractivity contribution in [3.8, 4) is 5.75 Å². The Kier molecular flexibility index (Phi) is 3.50. The largest absolute Gasteiger partial charge is 0.424 e. The number of ether oxygens (including phenoxy) is 1. The zero-order valence-electron chi connectivity index (χ0n) is 12.0. The van der Waals surface area contributed by atoms with Gasteiger partial charge in [0.15, 0.2) is 5.75 Å². The van der Waals surface area contributed by atoms with Crippen molar-refractivity contribution in [2.75, 3.05) is 0 Å². The summed E-state index contributed by atoms with van der Waals surface area (Å²) in [7, 11) is 1.78. The minimum Gasteiger partial charge on any atom is -0.424 e. The molecule has 112 valence electrons. The Hall–Kier alpha value is -2.53. The number of nitrogens with zero attached hydrogens (tertiary/aromatic N) is 1. The highest BCUT2D eigenvalue weighted by molar-refractivity contribution is 6.31. The molecule has 0 fully saturated rings. The molecule has 0 bridgehead atoms. The van der Waals surface area contributed by atoms with Crippen molar-refractivity contribution < 1.29 is 14.3 Å². The van der Waals surface area contributed by atoms with Crippen LogP contribution in [0.3, 0.4) is 0 Å². The molecule has 0 saturated heterocycles. The maximum atomic E-state index is 12.7. The van der Waals surface area contributed by atoms with Crippen molar-refractivity contribution >= 4 is 34.3 Å². The van der Waals surface area contributed by atoms with Crippen LogP contribution in [0, 0.1) is 0 Å². The molecule has 0 spiro atoms. The van der Waals surface area contributed by atoms with E-state index in [2.05, 4.69) is 4.98 Å². The first-order chi connectivity index (χ1) is 10.5. The molecule has 0 aliphatic carbocycles. The number of nitrogens with one attached hydrogen (secondary N) is 1. The predicted molar refractivity (Wildman–Crippen MR) is 83.5 cm³/mol. The fourth-order valence-electron chi connectivity index (χ4n) is 2.37. The summed E-state index contributed by atoms with van der Waals surface area (Å²) in [5.41, 5.74) is 1.40. The summed E-state index contributed by atoms with van der Waals surface area (Å²) in [5, 5.41) is 1.10. The van der Waals surface area contributed by atoms with E-state index in [1.807, 2.05) is 0 Å². The summed E-state index contributed by atoms with van der Waals surface area (Å²) in [4.78, 5) is 27.1. The summed E-state index contributed by atoms with van der Waals surface area (Å²) >= 11 is 6.00. The average molecular weight is 317 g/mol. The number of H-pyrrole nitrogens is 1. The zero-order valence-corrected chi connectivity index (χ0v) is 12.8. The number of ketones is 1. The number of esters is 1. The number of carbonyl (C=O) groups is 2. The molecule has 1 aromatic carbocycles. The molecule has 3 aromatic rings. The minimum absolute atomic E-state index is 0.205. The summed E-state index contributed by atoms with van der Waals surface area (Å²) in [5.74, 6) is -0.547. The topological polar surface area (TPSA) is 64.1 Å². The lowest BCUT2D eigenvalue weighted by atomic mass is 10.1. The van der Waals surface area contributed by atoms with Gasteiger partial charge in [0.05, 0.1) is 5.69 Å². The Morgan fingerprint density at radius 1 is 1.27 bits per heavy atom. The number of aromatic amines is 1. The summed E-state index contributed by atoms with van der Waals surface area (Å²) in [6, 6.07) is 8.59. The molecular weight excluding hydrogens is 304 g/mol. The van der Waals surface area contributed by atoms with Crippen LogP contribution in [0.5, 0.6) is 5.75 Å². The molecule has 0 atom stereocenters. The van der Waals surface area contributed by atoms with Crippen molar-refractivity contribution in [1.82, 2.24) is 9.55 Å². The quantitative estimate of drug-likeness (QED) is 0.595. The van der Waals surface area contributed by atoms with E-state index >= 15 is 0 Å². The van der Waals surface area contributed by atoms with E-state index in [1.54, 1.807) is 48.1 Å². The number of rotatable bonds is 3. The van der Waals surface area contributed by atoms with Crippen molar-refractivity contribution in [2.24, 2.45) is 7.05 Å². The molecule has 0 saturated carbocycles. The van der Waals surface area contributed by atoms with E-state index < -0.39 is 5.97 Å².